The van der Waals surface area contributed by atoms with E-state index in [1.807, 2.05) is 18.3 Å². The summed E-state index contributed by atoms with van der Waals surface area (Å²) >= 11 is 1.83. The molecule has 5 nitrogen and oxygen atoms in total. The highest BCUT2D eigenvalue weighted by Gasteiger charge is 2.17. The van der Waals surface area contributed by atoms with Crippen molar-refractivity contribution in [2.45, 2.75) is 11.8 Å². The van der Waals surface area contributed by atoms with Crippen LogP contribution in [-0.4, -0.2) is 27.1 Å². The second-order valence-corrected chi connectivity index (χ2v) is 11.2. The number of anilines is 1. The Morgan fingerprint density at radius 1 is 0.861 bits per heavy atom. The van der Waals surface area contributed by atoms with Gasteiger partial charge in [0, 0.05) is 25.9 Å². The molecule has 0 aliphatic carbocycles. The molecular formula is C29H28N2O3S2. The Labute approximate surface area is 216 Å². The van der Waals surface area contributed by atoms with Crippen molar-refractivity contribution >= 4 is 60.3 Å². The molecular weight excluding hydrogens is 488 g/mol. The molecule has 1 aromatic heterocycles. The number of benzene rings is 4. The average molecular weight is 517 g/mol. The zero-order valence-corrected chi connectivity index (χ0v) is 22.3. The molecule has 0 fully saturated rings. The van der Waals surface area contributed by atoms with Crippen molar-refractivity contribution in [2.75, 3.05) is 19.0 Å². The first kappa shape index (κ1) is 25.6. The molecule has 0 spiro atoms. The minimum absolute atomic E-state index is 0.178. The number of aryl methyl sites for hydroxylation is 2. The van der Waals surface area contributed by atoms with Crippen LogP contribution in [0, 0.1) is 6.92 Å². The average Bonchev–Trinajstić information content (AvgIpc) is 3.19. The minimum atomic E-state index is -4.27. The number of hydrogen-bond donors (Lipinski definition) is 0. The lowest BCUT2D eigenvalue weighted by atomic mass is 10.1. The first-order valence-electron chi connectivity index (χ1n) is 11.4. The van der Waals surface area contributed by atoms with Gasteiger partial charge in [-0.1, -0.05) is 65.4 Å². The van der Waals surface area contributed by atoms with Crippen LogP contribution in [0.15, 0.2) is 89.8 Å². The first-order chi connectivity index (χ1) is 17.1. The van der Waals surface area contributed by atoms with Crippen molar-refractivity contribution in [3.8, 4) is 0 Å². The highest BCUT2D eigenvalue weighted by Crippen LogP contribution is 2.28. The lowest BCUT2D eigenvalue weighted by Crippen LogP contribution is -2.29. The van der Waals surface area contributed by atoms with Crippen LogP contribution >= 0.6 is 11.3 Å². The number of hydrogen-bond acceptors (Lipinski definition) is 5. The van der Waals surface area contributed by atoms with Crippen molar-refractivity contribution in [1.82, 2.24) is 0 Å². The molecule has 0 atom stereocenters. The van der Waals surface area contributed by atoms with Gasteiger partial charge in [-0.3, -0.25) is 0 Å². The summed E-state index contributed by atoms with van der Waals surface area (Å²) in [6.07, 6.45) is 4.40. The van der Waals surface area contributed by atoms with Crippen LogP contribution in [0.5, 0.6) is 0 Å². The van der Waals surface area contributed by atoms with E-state index in [1.165, 1.54) is 49.4 Å². The maximum absolute atomic E-state index is 10.4. The van der Waals surface area contributed by atoms with Crippen LogP contribution in [-0.2, 0) is 17.2 Å². The third kappa shape index (κ3) is 5.82. The smallest absolute Gasteiger partial charge is 0.262 e. The molecule has 0 saturated carbocycles. The van der Waals surface area contributed by atoms with Gasteiger partial charge in [0.05, 0.1) is 10.3 Å². The summed E-state index contributed by atoms with van der Waals surface area (Å²) in [7, 11) is 2.01. The summed E-state index contributed by atoms with van der Waals surface area (Å²) in [5.41, 5.74) is 4.67. The predicted molar refractivity (Wildman–Crippen MR) is 149 cm³/mol. The monoisotopic (exact) mass is 516 g/mol. The van der Waals surface area contributed by atoms with Gasteiger partial charge in [0.1, 0.15) is 21.9 Å². The molecule has 0 aliphatic rings. The lowest BCUT2D eigenvalue weighted by molar-refractivity contribution is -0.641. The molecule has 1 heterocycles. The molecule has 0 radical (unpaired) electrons. The van der Waals surface area contributed by atoms with E-state index in [0.717, 1.165) is 5.56 Å². The zero-order chi connectivity index (χ0) is 25.9. The van der Waals surface area contributed by atoms with E-state index in [0.29, 0.717) is 0 Å². The van der Waals surface area contributed by atoms with Crippen LogP contribution in [0.4, 0.5) is 5.69 Å². The zero-order valence-electron chi connectivity index (χ0n) is 20.7. The quantitative estimate of drug-likeness (QED) is 0.217. The fourth-order valence-electron chi connectivity index (χ4n) is 3.86. The van der Waals surface area contributed by atoms with Gasteiger partial charge in [-0.2, -0.15) is 4.57 Å². The standard InChI is InChI=1S/C22H21N2S.C7H8O3S/c1-23(2)18-12-8-16(9-13-18)10-15-21-24(3)22-19-7-5-4-6-17(19)11-14-20(22)25-21;1-6-2-4-7(5-3-6)11(8,9)10/h4-15H,1-3H3;2-5H,1H3,(H,8,9,10)/q+1;/p-1. The molecule has 184 valence electrons. The summed E-state index contributed by atoms with van der Waals surface area (Å²) in [6, 6.07) is 27.4. The third-order valence-corrected chi connectivity index (χ3v) is 7.90. The highest BCUT2D eigenvalue weighted by atomic mass is 32.2. The maximum Gasteiger partial charge on any atom is 0.262 e. The highest BCUT2D eigenvalue weighted by molar-refractivity contribution is 7.85. The van der Waals surface area contributed by atoms with E-state index in [9.17, 15) is 13.0 Å². The molecule has 0 saturated heterocycles. The number of fused-ring (bicyclic) bond motifs is 3. The SMILES string of the molecule is CN(C)c1ccc(/C=C/c2sc3ccc4ccccc4c3[n+]2C)cc1.Cc1ccc(S(=O)(=O)[O-])cc1. The fraction of sp³-hybridized carbons (Fsp3) is 0.138. The van der Waals surface area contributed by atoms with E-state index in [2.05, 4.69) is 103 Å². The Kier molecular flexibility index (Phi) is 7.54. The normalized spacial score (nSPS) is 11.6. The van der Waals surface area contributed by atoms with Crippen molar-refractivity contribution in [1.29, 1.82) is 0 Å². The molecule has 5 rings (SSSR count). The van der Waals surface area contributed by atoms with Crippen LogP contribution in [0.1, 0.15) is 16.1 Å². The van der Waals surface area contributed by atoms with Crippen molar-refractivity contribution in [3.05, 3.63) is 101 Å². The van der Waals surface area contributed by atoms with Crippen LogP contribution < -0.4 is 9.47 Å². The van der Waals surface area contributed by atoms with Gasteiger partial charge < -0.3 is 9.45 Å². The summed E-state index contributed by atoms with van der Waals surface area (Å²) < 4.78 is 34.8. The van der Waals surface area contributed by atoms with E-state index in [4.69, 9.17) is 0 Å². The minimum Gasteiger partial charge on any atom is -0.744 e. The Hall–Kier alpha value is -3.52. The van der Waals surface area contributed by atoms with E-state index < -0.39 is 10.1 Å². The molecule has 36 heavy (non-hydrogen) atoms. The van der Waals surface area contributed by atoms with Crippen LogP contribution in [0.2, 0.25) is 0 Å². The summed E-state index contributed by atoms with van der Waals surface area (Å²) in [4.78, 5) is 1.94. The van der Waals surface area contributed by atoms with Crippen molar-refractivity contribution in [3.63, 3.8) is 0 Å². The molecule has 0 unspecified atom stereocenters. The lowest BCUT2D eigenvalue weighted by Gasteiger charge is -2.11. The van der Waals surface area contributed by atoms with Crippen molar-refractivity contribution < 1.29 is 17.5 Å². The molecule has 4 aromatic carbocycles. The van der Waals surface area contributed by atoms with Crippen molar-refractivity contribution in [2.24, 2.45) is 7.05 Å². The Morgan fingerprint density at radius 3 is 2.17 bits per heavy atom. The Balaban J connectivity index is 0.000000233. The topological polar surface area (TPSA) is 64.3 Å². The largest absolute Gasteiger partial charge is 0.744 e. The molecule has 0 N–H and O–H groups in total. The van der Waals surface area contributed by atoms with Gasteiger partial charge in [0.25, 0.3) is 5.01 Å². The number of aromatic nitrogens is 1. The number of rotatable bonds is 4. The number of nitrogens with zero attached hydrogens (tertiary/aromatic N) is 2. The predicted octanol–water partition coefficient (Wildman–Crippen LogP) is 6.01. The summed E-state index contributed by atoms with van der Waals surface area (Å²) in [5, 5.41) is 3.86. The Morgan fingerprint density at radius 2 is 1.53 bits per heavy atom. The fourth-order valence-corrected chi connectivity index (χ4v) is 5.40. The number of thiazole rings is 1. The van der Waals surface area contributed by atoms with Gasteiger partial charge in [-0.05, 0) is 60.3 Å². The third-order valence-electron chi connectivity index (χ3n) is 5.88. The molecule has 0 bridgehead atoms. The first-order valence-corrected chi connectivity index (χ1v) is 13.6. The van der Waals surface area contributed by atoms with Gasteiger partial charge >= 0.3 is 0 Å². The summed E-state index contributed by atoms with van der Waals surface area (Å²) in [5.74, 6) is 0. The maximum atomic E-state index is 10.4. The second-order valence-electron chi connectivity index (χ2n) is 8.72. The molecule has 0 aliphatic heterocycles. The molecule has 0 amide bonds. The van der Waals surface area contributed by atoms with Gasteiger partial charge in [0.2, 0.25) is 5.52 Å². The van der Waals surface area contributed by atoms with Crippen LogP contribution in [0.3, 0.4) is 0 Å². The van der Waals surface area contributed by atoms with Gasteiger partial charge in [-0.15, -0.1) is 0 Å². The van der Waals surface area contributed by atoms with E-state index in [-0.39, 0.29) is 4.90 Å². The van der Waals surface area contributed by atoms with Gasteiger partial charge in [0.15, 0.2) is 0 Å². The second kappa shape index (κ2) is 10.6. The summed E-state index contributed by atoms with van der Waals surface area (Å²) in [6.45, 7) is 1.82. The van der Waals surface area contributed by atoms with Gasteiger partial charge in [-0.25, -0.2) is 8.42 Å². The molecule has 7 heteroatoms. The molecule has 5 aromatic rings. The van der Waals surface area contributed by atoms with E-state index in [1.54, 1.807) is 12.1 Å². The van der Waals surface area contributed by atoms with Crippen LogP contribution in [0.25, 0.3) is 33.1 Å². The van der Waals surface area contributed by atoms with E-state index >= 15 is 0 Å². The Bertz CT molecular complexity index is 1630.